The lowest BCUT2D eigenvalue weighted by atomic mass is 10.0. The first kappa shape index (κ1) is 14.7. The van der Waals surface area contributed by atoms with E-state index in [0.29, 0.717) is 12.4 Å². The van der Waals surface area contributed by atoms with Crippen molar-refractivity contribution in [3.05, 3.63) is 28.9 Å². The summed E-state index contributed by atoms with van der Waals surface area (Å²) in [5.41, 5.74) is 1.64. The average molecular weight is 353 g/mol. The Bertz CT molecular complexity index is 636. The summed E-state index contributed by atoms with van der Waals surface area (Å²) in [6, 6.07) is 5.57. The molecule has 1 saturated heterocycles. The van der Waals surface area contributed by atoms with Crippen LogP contribution in [0.5, 0.6) is 0 Å². The fraction of sp³-hybridized carbons (Fsp3) is 0.467. The molecule has 0 amide bonds. The van der Waals surface area contributed by atoms with Crippen LogP contribution in [0.25, 0.3) is 11.0 Å². The lowest BCUT2D eigenvalue weighted by molar-refractivity contribution is 0.131. The third kappa shape index (κ3) is 3.32. The SMILES string of the molecule is CCN1CCC(Nc2cnc3ccc(Br)cc3n2)C(F)C1. The van der Waals surface area contributed by atoms with Crippen LogP contribution in [0.4, 0.5) is 10.2 Å². The molecule has 1 aliphatic heterocycles. The number of nitrogens with zero attached hydrogens (tertiary/aromatic N) is 3. The summed E-state index contributed by atoms with van der Waals surface area (Å²) >= 11 is 3.43. The van der Waals surface area contributed by atoms with Crippen LogP contribution in [0, 0.1) is 0 Å². The molecule has 0 bridgehead atoms. The van der Waals surface area contributed by atoms with E-state index in [-0.39, 0.29) is 6.04 Å². The van der Waals surface area contributed by atoms with E-state index < -0.39 is 6.17 Å². The number of anilines is 1. The normalized spacial score (nSPS) is 23.4. The molecule has 4 nitrogen and oxygen atoms in total. The molecule has 6 heteroatoms. The first-order chi connectivity index (χ1) is 10.2. The summed E-state index contributed by atoms with van der Waals surface area (Å²) in [4.78, 5) is 11.0. The van der Waals surface area contributed by atoms with Crippen LogP contribution in [-0.4, -0.2) is 46.7 Å². The zero-order valence-corrected chi connectivity index (χ0v) is 13.5. The number of aromatic nitrogens is 2. The van der Waals surface area contributed by atoms with Crippen LogP contribution in [-0.2, 0) is 0 Å². The number of hydrogen-bond donors (Lipinski definition) is 1. The van der Waals surface area contributed by atoms with Gasteiger partial charge in [0, 0.05) is 17.6 Å². The van der Waals surface area contributed by atoms with E-state index in [1.165, 1.54) is 0 Å². The summed E-state index contributed by atoms with van der Waals surface area (Å²) < 4.78 is 15.1. The first-order valence-electron chi connectivity index (χ1n) is 7.21. The maximum absolute atomic E-state index is 14.2. The lowest BCUT2D eigenvalue weighted by Crippen LogP contribution is -2.47. The van der Waals surface area contributed by atoms with E-state index in [1.807, 2.05) is 18.2 Å². The highest BCUT2D eigenvalue weighted by molar-refractivity contribution is 9.10. The van der Waals surface area contributed by atoms with E-state index in [9.17, 15) is 4.39 Å². The van der Waals surface area contributed by atoms with Gasteiger partial charge in [-0.25, -0.2) is 9.37 Å². The van der Waals surface area contributed by atoms with Crippen LogP contribution >= 0.6 is 15.9 Å². The molecule has 1 aliphatic rings. The van der Waals surface area contributed by atoms with Gasteiger partial charge < -0.3 is 10.2 Å². The molecule has 112 valence electrons. The summed E-state index contributed by atoms with van der Waals surface area (Å²) in [6.07, 6.45) is 1.58. The van der Waals surface area contributed by atoms with Crippen LogP contribution in [0.2, 0.25) is 0 Å². The first-order valence-corrected chi connectivity index (χ1v) is 8.00. The molecule has 2 atom stereocenters. The van der Waals surface area contributed by atoms with Crippen molar-refractivity contribution < 1.29 is 4.39 Å². The number of fused-ring (bicyclic) bond motifs is 1. The Hall–Kier alpha value is -1.27. The van der Waals surface area contributed by atoms with Crippen LogP contribution in [0.15, 0.2) is 28.9 Å². The molecular weight excluding hydrogens is 335 g/mol. The minimum atomic E-state index is -0.876. The zero-order valence-electron chi connectivity index (χ0n) is 11.9. The van der Waals surface area contributed by atoms with Gasteiger partial charge in [0.15, 0.2) is 0 Å². The van der Waals surface area contributed by atoms with Crippen molar-refractivity contribution >= 4 is 32.8 Å². The van der Waals surface area contributed by atoms with Crippen LogP contribution in [0.3, 0.4) is 0 Å². The number of hydrogen-bond acceptors (Lipinski definition) is 4. The molecule has 1 aromatic heterocycles. The monoisotopic (exact) mass is 352 g/mol. The standard InChI is InChI=1S/C15H18BrFN4/c1-2-21-6-5-12(11(17)9-21)19-15-8-18-13-4-3-10(16)7-14(13)20-15/h3-4,7-8,11-12H,2,5-6,9H2,1H3,(H,19,20). The molecule has 1 fully saturated rings. The quantitative estimate of drug-likeness (QED) is 0.920. The van der Waals surface area contributed by atoms with Crippen molar-refractivity contribution in [2.45, 2.75) is 25.6 Å². The molecule has 3 rings (SSSR count). The third-order valence-corrected chi connectivity index (χ3v) is 4.40. The second-order valence-corrected chi connectivity index (χ2v) is 6.25. The van der Waals surface area contributed by atoms with Crippen molar-refractivity contribution in [2.75, 3.05) is 25.0 Å². The van der Waals surface area contributed by atoms with Gasteiger partial charge in [-0.05, 0) is 31.2 Å². The van der Waals surface area contributed by atoms with Gasteiger partial charge in [-0.3, -0.25) is 4.98 Å². The number of nitrogens with one attached hydrogen (secondary N) is 1. The van der Waals surface area contributed by atoms with E-state index in [0.717, 1.165) is 35.0 Å². The fourth-order valence-electron chi connectivity index (χ4n) is 2.66. The highest BCUT2D eigenvalue weighted by Gasteiger charge is 2.28. The Balaban J connectivity index is 1.75. The summed E-state index contributed by atoms with van der Waals surface area (Å²) in [5, 5.41) is 3.20. The summed E-state index contributed by atoms with van der Waals surface area (Å²) in [6.45, 7) is 4.37. The Kier molecular flexibility index (Phi) is 4.35. The van der Waals surface area contributed by atoms with E-state index >= 15 is 0 Å². The third-order valence-electron chi connectivity index (χ3n) is 3.91. The largest absolute Gasteiger partial charge is 0.363 e. The van der Waals surface area contributed by atoms with Gasteiger partial charge in [0.05, 0.1) is 23.3 Å². The van der Waals surface area contributed by atoms with Gasteiger partial charge >= 0.3 is 0 Å². The van der Waals surface area contributed by atoms with Crippen molar-refractivity contribution in [2.24, 2.45) is 0 Å². The van der Waals surface area contributed by atoms with Gasteiger partial charge in [-0.15, -0.1) is 0 Å². The smallest absolute Gasteiger partial charge is 0.145 e. The number of halogens is 2. The minimum Gasteiger partial charge on any atom is -0.363 e. The second kappa shape index (κ2) is 6.23. The topological polar surface area (TPSA) is 41.0 Å². The number of alkyl halides is 1. The van der Waals surface area contributed by atoms with Gasteiger partial charge in [0.25, 0.3) is 0 Å². The number of likely N-dealkylation sites (tertiary alicyclic amines) is 1. The van der Waals surface area contributed by atoms with Crippen molar-refractivity contribution in [1.82, 2.24) is 14.9 Å². The molecule has 2 unspecified atom stereocenters. The Labute approximate surface area is 131 Å². The van der Waals surface area contributed by atoms with E-state index in [2.05, 4.69) is 43.0 Å². The lowest BCUT2D eigenvalue weighted by Gasteiger charge is -2.34. The average Bonchev–Trinajstić information content (AvgIpc) is 2.49. The molecule has 0 radical (unpaired) electrons. The molecule has 1 N–H and O–H groups in total. The zero-order chi connectivity index (χ0) is 14.8. The van der Waals surface area contributed by atoms with Crippen molar-refractivity contribution in [3.8, 4) is 0 Å². The molecule has 2 aromatic rings. The Morgan fingerprint density at radius 2 is 2.29 bits per heavy atom. The molecule has 0 spiro atoms. The minimum absolute atomic E-state index is 0.188. The number of piperidine rings is 1. The number of rotatable bonds is 3. The summed E-state index contributed by atoms with van der Waals surface area (Å²) in [7, 11) is 0. The second-order valence-electron chi connectivity index (χ2n) is 5.34. The molecule has 0 saturated carbocycles. The molecule has 2 heterocycles. The molecular formula is C15H18BrFN4. The maximum Gasteiger partial charge on any atom is 0.145 e. The fourth-order valence-corrected chi connectivity index (χ4v) is 3.01. The van der Waals surface area contributed by atoms with Gasteiger partial charge in [0.2, 0.25) is 0 Å². The van der Waals surface area contributed by atoms with E-state index in [1.54, 1.807) is 6.20 Å². The Morgan fingerprint density at radius 1 is 1.43 bits per heavy atom. The molecule has 1 aromatic carbocycles. The van der Waals surface area contributed by atoms with Crippen molar-refractivity contribution in [1.29, 1.82) is 0 Å². The van der Waals surface area contributed by atoms with Crippen molar-refractivity contribution in [3.63, 3.8) is 0 Å². The van der Waals surface area contributed by atoms with Gasteiger partial charge in [0.1, 0.15) is 12.0 Å². The predicted molar refractivity (Wildman–Crippen MR) is 86.3 cm³/mol. The van der Waals surface area contributed by atoms with Gasteiger partial charge in [-0.2, -0.15) is 0 Å². The van der Waals surface area contributed by atoms with E-state index in [4.69, 9.17) is 0 Å². The Morgan fingerprint density at radius 3 is 3.05 bits per heavy atom. The van der Waals surface area contributed by atoms with Crippen LogP contribution in [0.1, 0.15) is 13.3 Å². The molecule has 21 heavy (non-hydrogen) atoms. The molecule has 0 aliphatic carbocycles. The highest BCUT2D eigenvalue weighted by atomic mass is 79.9. The summed E-state index contributed by atoms with van der Waals surface area (Å²) in [5.74, 6) is 0.637. The van der Waals surface area contributed by atoms with Gasteiger partial charge in [-0.1, -0.05) is 22.9 Å². The number of benzene rings is 1. The predicted octanol–water partition coefficient (Wildman–Crippen LogP) is 3.24. The highest BCUT2D eigenvalue weighted by Crippen LogP contribution is 2.21. The van der Waals surface area contributed by atoms with Crippen LogP contribution < -0.4 is 5.32 Å². The maximum atomic E-state index is 14.2.